The van der Waals surface area contributed by atoms with Crippen molar-refractivity contribution >= 4 is 17.5 Å². The van der Waals surface area contributed by atoms with Gasteiger partial charge >= 0.3 is 12.4 Å². The molecule has 1 fully saturated rings. The number of rotatable bonds is 7. The van der Waals surface area contributed by atoms with Crippen LogP contribution < -0.4 is 15.4 Å². The monoisotopic (exact) mass is 613 g/mol. The number of carbonyl (C=O) groups excluding carboxylic acids is 1. The lowest BCUT2D eigenvalue weighted by Crippen LogP contribution is -2.52. The summed E-state index contributed by atoms with van der Waals surface area (Å²) in [4.78, 5) is 36.8. The minimum Gasteiger partial charge on any atom is -0.381 e. The van der Waals surface area contributed by atoms with Gasteiger partial charge in [-0.3, -0.25) is 9.59 Å². The maximum Gasteiger partial charge on any atom is 0.423 e. The molecule has 4 heterocycles. The second-order valence-electron chi connectivity index (χ2n) is 9.93. The Hall–Kier alpha value is -4.25. The Kier molecular flexibility index (Phi) is 8.29. The second-order valence-corrected chi connectivity index (χ2v) is 9.93. The highest BCUT2D eigenvalue weighted by Gasteiger charge is 2.42. The third-order valence-corrected chi connectivity index (χ3v) is 7.24. The number of nitrogens with zero attached hydrogens (tertiary/aromatic N) is 6. The summed E-state index contributed by atoms with van der Waals surface area (Å²) in [7, 11) is 0. The number of aliphatic hydroxyl groups excluding tert-OH is 1. The lowest BCUT2D eigenvalue weighted by molar-refractivity contribution is -0.144. The molecular formula is C26H25F6N7O4. The van der Waals surface area contributed by atoms with Gasteiger partial charge < -0.3 is 24.5 Å². The molecule has 0 bridgehead atoms. The van der Waals surface area contributed by atoms with Gasteiger partial charge in [-0.1, -0.05) is 24.3 Å². The zero-order valence-corrected chi connectivity index (χ0v) is 22.3. The van der Waals surface area contributed by atoms with E-state index in [1.54, 1.807) is 29.2 Å². The Bertz CT molecular complexity index is 1510. The van der Waals surface area contributed by atoms with Crippen molar-refractivity contribution in [1.29, 1.82) is 0 Å². The third kappa shape index (κ3) is 6.41. The van der Waals surface area contributed by atoms with Gasteiger partial charge in [0.1, 0.15) is 5.56 Å². The van der Waals surface area contributed by atoms with Crippen LogP contribution in [0.2, 0.25) is 0 Å². The molecule has 0 saturated carbocycles. The smallest absolute Gasteiger partial charge is 0.381 e. The first-order valence-corrected chi connectivity index (χ1v) is 13.0. The van der Waals surface area contributed by atoms with E-state index in [-0.39, 0.29) is 45.3 Å². The number of ether oxygens (including phenoxy) is 1. The molecule has 1 saturated heterocycles. The van der Waals surface area contributed by atoms with Crippen molar-refractivity contribution in [2.45, 2.75) is 31.0 Å². The highest BCUT2D eigenvalue weighted by Crippen LogP contribution is 2.42. The summed E-state index contributed by atoms with van der Waals surface area (Å²) in [5.74, 6) is -0.565. The first kappa shape index (κ1) is 30.2. The number of carbonyl (C=O) groups is 1. The normalized spacial score (nSPS) is 18.1. The molecule has 3 aromatic rings. The summed E-state index contributed by atoms with van der Waals surface area (Å²) in [6, 6.07) is 6.13. The Balaban J connectivity index is 1.20. The number of amides is 1. The fraction of sp³-hybridized carbons (Fsp3) is 0.423. The molecule has 1 amide bonds. The van der Waals surface area contributed by atoms with Crippen LogP contribution in [0.1, 0.15) is 28.3 Å². The number of aliphatic hydroxyl groups is 1. The first-order chi connectivity index (χ1) is 20.3. The van der Waals surface area contributed by atoms with Crippen molar-refractivity contribution in [3.05, 3.63) is 75.5 Å². The summed E-state index contributed by atoms with van der Waals surface area (Å²) in [6.45, 7) is 0.0961. The van der Waals surface area contributed by atoms with Gasteiger partial charge in [0, 0.05) is 45.1 Å². The molecule has 0 radical (unpaired) electrons. The average Bonchev–Trinajstić information content (AvgIpc) is 3.34. The Morgan fingerprint density at radius 3 is 2.35 bits per heavy atom. The van der Waals surface area contributed by atoms with Crippen molar-refractivity contribution < 1.29 is 41.0 Å². The number of piperazine rings is 1. The molecule has 2 aromatic heterocycles. The largest absolute Gasteiger partial charge is 0.423 e. The first-order valence-electron chi connectivity index (χ1n) is 13.0. The summed E-state index contributed by atoms with van der Waals surface area (Å²) in [5, 5.41) is 15.9. The number of alkyl halides is 6. The molecule has 0 aliphatic carbocycles. The number of H-pyrrole nitrogens is 1. The Morgan fingerprint density at radius 2 is 1.70 bits per heavy atom. The van der Waals surface area contributed by atoms with Crippen LogP contribution in [-0.4, -0.2) is 81.6 Å². The maximum atomic E-state index is 13.8. The van der Waals surface area contributed by atoms with Gasteiger partial charge in [-0.2, -0.15) is 31.4 Å². The molecule has 2 N–H and O–H groups in total. The molecule has 1 aromatic carbocycles. The molecule has 2 atom stereocenters. The number of aromatic amines is 1. The Morgan fingerprint density at radius 1 is 1.02 bits per heavy atom. The van der Waals surface area contributed by atoms with E-state index in [2.05, 4.69) is 15.1 Å². The van der Waals surface area contributed by atoms with E-state index in [0.717, 1.165) is 11.8 Å². The van der Waals surface area contributed by atoms with Gasteiger partial charge in [0.05, 0.1) is 36.7 Å². The number of hydrogen-bond donors (Lipinski definition) is 2. The number of hydrogen-bond acceptors (Lipinski definition) is 9. The highest BCUT2D eigenvalue weighted by atomic mass is 19.4. The molecule has 0 spiro atoms. The predicted molar refractivity (Wildman–Crippen MR) is 138 cm³/mol. The molecule has 17 heteroatoms. The highest BCUT2D eigenvalue weighted by molar-refractivity contribution is 5.81. The number of nitrogens with one attached hydrogen (secondary N) is 1. The lowest BCUT2D eigenvalue weighted by Gasteiger charge is -2.35. The molecule has 0 unspecified atom stereocenters. The minimum absolute atomic E-state index is 0.0484. The molecule has 43 heavy (non-hydrogen) atoms. The van der Waals surface area contributed by atoms with Crippen LogP contribution in [-0.2, 0) is 28.4 Å². The van der Waals surface area contributed by atoms with Crippen LogP contribution in [0.4, 0.5) is 38.0 Å². The average molecular weight is 614 g/mol. The van der Waals surface area contributed by atoms with E-state index in [9.17, 15) is 41.0 Å². The Labute approximate surface area is 239 Å². The van der Waals surface area contributed by atoms with Crippen molar-refractivity contribution in [3.8, 4) is 0 Å². The minimum atomic E-state index is -4.95. The number of halogens is 6. The zero-order valence-electron chi connectivity index (χ0n) is 22.3. The third-order valence-electron chi connectivity index (χ3n) is 7.24. The van der Waals surface area contributed by atoms with Gasteiger partial charge in [0.25, 0.3) is 11.5 Å². The topological polar surface area (TPSA) is 128 Å². The quantitative estimate of drug-likeness (QED) is 0.386. The van der Waals surface area contributed by atoms with Crippen LogP contribution in [0.15, 0.2) is 47.7 Å². The van der Waals surface area contributed by atoms with Crippen molar-refractivity contribution in [3.63, 3.8) is 0 Å². The summed E-state index contributed by atoms with van der Waals surface area (Å²) in [5.41, 5.74) is -2.79. The molecule has 2 aliphatic rings. The van der Waals surface area contributed by atoms with E-state index < -0.39 is 59.4 Å². The number of benzene rings is 1. The van der Waals surface area contributed by atoms with Gasteiger partial charge in [0.15, 0.2) is 6.10 Å². The van der Waals surface area contributed by atoms with Crippen molar-refractivity contribution in [2.24, 2.45) is 0 Å². The summed E-state index contributed by atoms with van der Waals surface area (Å²) in [6.07, 6.45) is -8.80. The van der Waals surface area contributed by atoms with Crippen LogP contribution in [0, 0.1) is 0 Å². The summed E-state index contributed by atoms with van der Waals surface area (Å²) < 4.78 is 85.3. The van der Waals surface area contributed by atoms with Crippen LogP contribution in [0.5, 0.6) is 0 Å². The second kappa shape index (κ2) is 11.8. The van der Waals surface area contributed by atoms with Crippen LogP contribution in [0.3, 0.4) is 0 Å². The van der Waals surface area contributed by atoms with Gasteiger partial charge in [0.2, 0.25) is 5.95 Å². The van der Waals surface area contributed by atoms with Crippen LogP contribution in [0.25, 0.3) is 0 Å². The molecule has 2 aliphatic heterocycles. The molecular weight excluding hydrogens is 588 g/mol. The zero-order chi connectivity index (χ0) is 30.9. The van der Waals surface area contributed by atoms with Gasteiger partial charge in [-0.15, -0.1) is 0 Å². The van der Waals surface area contributed by atoms with E-state index >= 15 is 0 Å². The van der Waals surface area contributed by atoms with Crippen molar-refractivity contribution in [2.75, 3.05) is 49.2 Å². The maximum absolute atomic E-state index is 13.8. The molecule has 230 valence electrons. The van der Waals surface area contributed by atoms with Gasteiger partial charge in [-0.05, 0) is 11.1 Å². The van der Waals surface area contributed by atoms with Gasteiger partial charge in [-0.25, -0.2) is 15.1 Å². The number of aromatic nitrogens is 4. The standard InChI is InChI=1S/C26H25F6N7O4/c27-25(28,29)16-9-33-24(34-10-16)38-7-5-37(6-8-38)23(42)20(40)14-43-13-19-17-4-2-1-3-15(17)12-39(19)18-11-35-36-22(41)21(18)26(30,31)32/h1-4,9-11,19-20,40H,5-8,12-14H2,(H,36,41)/t19-,20+/m1/s1. The molecule has 11 nitrogen and oxygen atoms in total. The van der Waals surface area contributed by atoms with E-state index in [0.29, 0.717) is 18.0 Å². The number of anilines is 2. The predicted octanol–water partition coefficient (Wildman–Crippen LogP) is 2.39. The van der Waals surface area contributed by atoms with Crippen LogP contribution >= 0.6 is 0 Å². The lowest BCUT2D eigenvalue weighted by atomic mass is 10.1. The van der Waals surface area contributed by atoms with Crippen molar-refractivity contribution in [1.82, 2.24) is 25.1 Å². The van der Waals surface area contributed by atoms with E-state index in [1.165, 1.54) is 9.80 Å². The fourth-order valence-corrected chi connectivity index (χ4v) is 5.11. The SMILES string of the molecule is O=C([C@@H](O)COC[C@@H]1c2ccccc2CN1c1cn[nH]c(=O)c1C(F)(F)F)N1CCN(c2ncc(C(F)(F)F)cn2)CC1. The van der Waals surface area contributed by atoms with E-state index in [4.69, 9.17) is 4.74 Å². The molecule has 5 rings (SSSR count). The number of fused-ring (bicyclic) bond motifs is 1. The fourth-order valence-electron chi connectivity index (χ4n) is 5.11. The summed E-state index contributed by atoms with van der Waals surface area (Å²) >= 11 is 0. The van der Waals surface area contributed by atoms with E-state index in [1.807, 2.05) is 5.10 Å².